The summed E-state index contributed by atoms with van der Waals surface area (Å²) in [6.07, 6.45) is -2.57. The summed E-state index contributed by atoms with van der Waals surface area (Å²) in [5, 5.41) is 3.11. The Labute approximate surface area is 145 Å². The first-order valence-electron chi connectivity index (χ1n) is 8.36. The van der Waals surface area contributed by atoms with E-state index in [0.717, 1.165) is 50.7 Å². The highest BCUT2D eigenvalue weighted by molar-refractivity contribution is 6.31. The van der Waals surface area contributed by atoms with Crippen molar-refractivity contribution < 1.29 is 17.9 Å². The van der Waals surface area contributed by atoms with E-state index in [1.165, 1.54) is 6.07 Å². The number of piperazine rings is 1. The van der Waals surface area contributed by atoms with Gasteiger partial charge in [0.15, 0.2) is 0 Å². The summed E-state index contributed by atoms with van der Waals surface area (Å²) in [5.74, 6) is 0.379. The van der Waals surface area contributed by atoms with Gasteiger partial charge in [-0.15, -0.1) is 0 Å². The van der Waals surface area contributed by atoms with Crippen LogP contribution >= 0.6 is 11.6 Å². The SMILES string of the molecule is FC(F)(F)c1ccc([C@H](C2CCOCC2)N2CCNCC2)cc1Cl. The van der Waals surface area contributed by atoms with Crippen molar-refractivity contribution in [3.8, 4) is 0 Å². The number of ether oxygens (including phenoxy) is 1. The number of nitrogens with one attached hydrogen (secondary N) is 1. The van der Waals surface area contributed by atoms with Gasteiger partial charge in [0.1, 0.15) is 0 Å². The molecule has 0 saturated carbocycles. The molecule has 0 spiro atoms. The van der Waals surface area contributed by atoms with Crippen molar-refractivity contribution in [3.63, 3.8) is 0 Å². The smallest absolute Gasteiger partial charge is 0.381 e. The molecular formula is C17H22ClF3N2O. The van der Waals surface area contributed by atoms with E-state index < -0.39 is 11.7 Å². The summed E-state index contributed by atoms with van der Waals surface area (Å²) >= 11 is 5.96. The Morgan fingerprint density at radius 3 is 2.42 bits per heavy atom. The van der Waals surface area contributed by atoms with Gasteiger partial charge >= 0.3 is 6.18 Å². The van der Waals surface area contributed by atoms with E-state index in [1.54, 1.807) is 6.07 Å². The van der Waals surface area contributed by atoms with Gasteiger partial charge in [0, 0.05) is 45.4 Å². The Bertz CT molecular complexity index is 537. The molecule has 2 fully saturated rings. The van der Waals surface area contributed by atoms with E-state index in [1.807, 2.05) is 0 Å². The maximum Gasteiger partial charge on any atom is 0.417 e. The highest BCUT2D eigenvalue weighted by Gasteiger charge is 2.35. The predicted octanol–water partition coefficient (Wildman–Crippen LogP) is 3.73. The summed E-state index contributed by atoms with van der Waals surface area (Å²) in [4.78, 5) is 2.37. The van der Waals surface area contributed by atoms with E-state index in [9.17, 15) is 13.2 Å². The second kappa shape index (κ2) is 7.60. The third-order valence-corrected chi connectivity index (χ3v) is 5.21. The van der Waals surface area contributed by atoms with Gasteiger partial charge in [-0.3, -0.25) is 4.90 Å². The molecule has 3 rings (SSSR count). The first-order valence-corrected chi connectivity index (χ1v) is 8.74. The molecule has 2 heterocycles. The summed E-state index contributed by atoms with van der Waals surface area (Å²) in [5.41, 5.74) is 0.112. The minimum atomic E-state index is -4.42. The van der Waals surface area contributed by atoms with E-state index in [2.05, 4.69) is 10.2 Å². The second-order valence-corrected chi connectivity index (χ2v) is 6.82. The average molecular weight is 363 g/mol. The van der Waals surface area contributed by atoms with Gasteiger partial charge in [-0.05, 0) is 36.5 Å². The number of hydrogen-bond donors (Lipinski definition) is 1. The van der Waals surface area contributed by atoms with Crippen LogP contribution in [0.25, 0.3) is 0 Å². The van der Waals surface area contributed by atoms with Crippen LogP contribution in [0.15, 0.2) is 18.2 Å². The zero-order chi connectivity index (χ0) is 17.2. The maximum absolute atomic E-state index is 13.0. The van der Waals surface area contributed by atoms with Crippen LogP contribution in [0.5, 0.6) is 0 Å². The number of nitrogens with zero attached hydrogens (tertiary/aromatic N) is 1. The molecule has 0 aromatic heterocycles. The van der Waals surface area contributed by atoms with E-state index in [-0.39, 0.29) is 11.1 Å². The Morgan fingerprint density at radius 2 is 1.83 bits per heavy atom. The molecule has 2 aliphatic rings. The average Bonchev–Trinajstić information content (AvgIpc) is 2.56. The van der Waals surface area contributed by atoms with Crippen molar-refractivity contribution in [2.75, 3.05) is 39.4 Å². The zero-order valence-electron chi connectivity index (χ0n) is 13.4. The molecule has 7 heteroatoms. The fraction of sp³-hybridized carbons (Fsp3) is 0.647. The van der Waals surface area contributed by atoms with Crippen LogP contribution in [0, 0.1) is 5.92 Å². The Hall–Kier alpha value is -0.820. The first kappa shape index (κ1) is 18.0. The van der Waals surface area contributed by atoms with Crippen LogP contribution in [-0.2, 0) is 10.9 Å². The van der Waals surface area contributed by atoms with Crippen molar-refractivity contribution in [3.05, 3.63) is 34.3 Å². The lowest BCUT2D eigenvalue weighted by atomic mass is 9.85. The van der Waals surface area contributed by atoms with Crippen LogP contribution in [0.1, 0.15) is 30.0 Å². The molecule has 0 aliphatic carbocycles. The predicted molar refractivity (Wildman–Crippen MR) is 87.2 cm³/mol. The van der Waals surface area contributed by atoms with E-state index in [4.69, 9.17) is 16.3 Å². The van der Waals surface area contributed by atoms with Crippen molar-refractivity contribution >= 4 is 11.6 Å². The van der Waals surface area contributed by atoms with Crippen LogP contribution in [-0.4, -0.2) is 44.3 Å². The fourth-order valence-corrected chi connectivity index (χ4v) is 4.01. The van der Waals surface area contributed by atoms with E-state index >= 15 is 0 Å². The molecule has 3 nitrogen and oxygen atoms in total. The summed E-state index contributed by atoms with van der Waals surface area (Å²) in [6, 6.07) is 4.31. The lowest BCUT2D eigenvalue weighted by Crippen LogP contribution is -2.47. The van der Waals surface area contributed by atoms with Crippen LogP contribution in [0.3, 0.4) is 0 Å². The topological polar surface area (TPSA) is 24.5 Å². The summed E-state index contributed by atoms with van der Waals surface area (Å²) < 4.78 is 44.4. The molecule has 0 unspecified atom stereocenters. The molecule has 1 N–H and O–H groups in total. The highest BCUT2D eigenvalue weighted by atomic mass is 35.5. The van der Waals surface area contributed by atoms with Gasteiger partial charge in [0.25, 0.3) is 0 Å². The number of alkyl halides is 3. The number of halogens is 4. The summed E-state index contributed by atoms with van der Waals surface area (Å²) in [6.45, 7) is 4.99. The molecule has 1 aromatic rings. The van der Waals surface area contributed by atoms with Crippen molar-refractivity contribution in [1.29, 1.82) is 0 Å². The standard InChI is InChI=1S/C17H22ClF3N2O/c18-15-11-13(1-2-14(15)17(19,20)21)16(12-3-9-24-10-4-12)23-7-5-22-6-8-23/h1-2,11-12,16,22H,3-10H2/t16-/m0/s1. The number of hydrogen-bond acceptors (Lipinski definition) is 3. The molecule has 2 saturated heterocycles. The number of rotatable bonds is 3. The maximum atomic E-state index is 13.0. The highest BCUT2D eigenvalue weighted by Crippen LogP contribution is 2.40. The lowest BCUT2D eigenvalue weighted by molar-refractivity contribution is -0.137. The normalized spacial score (nSPS) is 22.5. The monoisotopic (exact) mass is 362 g/mol. The van der Waals surface area contributed by atoms with Gasteiger partial charge in [0.05, 0.1) is 10.6 Å². The molecule has 1 atom stereocenters. The molecule has 0 bridgehead atoms. The molecular weight excluding hydrogens is 341 g/mol. The Kier molecular flexibility index (Phi) is 5.70. The molecule has 0 amide bonds. The molecule has 134 valence electrons. The lowest BCUT2D eigenvalue weighted by Gasteiger charge is -2.41. The van der Waals surface area contributed by atoms with Crippen molar-refractivity contribution in [2.24, 2.45) is 5.92 Å². The van der Waals surface area contributed by atoms with Crippen LogP contribution < -0.4 is 5.32 Å². The Balaban J connectivity index is 1.90. The summed E-state index contributed by atoms with van der Waals surface area (Å²) in [7, 11) is 0. The largest absolute Gasteiger partial charge is 0.417 e. The fourth-order valence-electron chi connectivity index (χ4n) is 3.72. The minimum Gasteiger partial charge on any atom is -0.381 e. The van der Waals surface area contributed by atoms with Crippen molar-refractivity contribution in [1.82, 2.24) is 10.2 Å². The van der Waals surface area contributed by atoms with E-state index in [0.29, 0.717) is 19.1 Å². The quantitative estimate of drug-likeness (QED) is 0.886. The van der Waals surface area contributed by atoms with Gasteiger partial charge in [-0.25, -0.2) is 0 Å². The Morgan fingerprint density at radius 1 is 1.17 bits per heavy atom. The van der Waals surface area contributed by atoms with Gasteiger partial charge in [-0.2, -0.15) is 13.2 Å². The second-order valence-electron chi connectivity index (χ2n) is 6.42. The van der Waals surface area contributed by atoms with Gasteiger partial charge in [-0.1, -0.05) is 17.7 Å². The van der Waals surface area contributed by atoms with Crippen LogP contribution in [0.4, 0.5) is 13.2 Å². The molecule has 1 aromatic carbocycles. The van der Waals surface area contributed by atoms with Gasteiger partial charge in [0.2, 0.25) is 0 Å². The molecule has 24 heavy (non-hydrogen) atoms. The van der Waals surface area contributed by atoms with Crippen LogP contribution in [0.2, 0.25) is 5.02 Å². The zero-order valence-corrected chi connectivity index (χ0v) is 14.2. The number of benzene rings is 1. The van der Waals surface area contributed by atoms with Crippen molar-refractivity contribution in [2.45, 2.75) is 25.1 Å². The third-order valence-electron chi connectivity index (χ3n) is 4.90. The molecule has 0 radical (unpaired) electrons. The first-order chi connectivity index (χ1) is 11.5. The minimum absolute atomic E-state index is 0.0933. The van der Waals surface area contributed by atoms with Gasteiger partial charge < -0.3 is 10.1 Å². The molecule has 2 aliphatic heterocycles. The third kappa shape index (κ3) is 4.04.